The number of thioether (sulfide) groups is 1. The van der Waals surface area contributed by atoms with Crippen molar-refractivity contribution < 1.29 is 4.79 Å². The number of Topliss-reactive ketones (excluding diaryl/α,β-unsaturated/α-hetero) is 1. The highest BCUT2D eigenvalue weighted by atomic mass is 32.2. The third kappa shape index (κ3) is 2.93. The number of fused-ring (bicyclic) bond motifs is 2. The second-order valence-corrected chi connectivity index (χ2v) is 8.53. The van der Waals surface area contributed by atoms with Gasteiger partial charge >= 0.3 is 0 Å². The third-order valence-corrected chi connectivity index (χ3v) is 6.53. The van der Waals surface area contributed by atoms with Crippen molar-refractivity contribution in [3.63, 3.8) is 0 Å². The van der Waals surface area contributed by atoms with Crippen molar-refractivity contribution in [1.29, 1.82) is 0 Å². The van der Waals surface area contributed by atoms with Gasteiger partial charge in [-0.25, -0.2) is 4.98 Å². The van der Waals surface area contributed by atoms with Gasteiger partial charge in [0.2, 0.25) is 0 Å². The quantitative estimate of drug-likeness (QED) is 0.486. The average Bonchev–Trinajstić information content (AvgIpc) is 3.18. The Morgan fingerprint density at radius 3 is 2.87 bits per heavy atom. The maximum atomic E-state index is 12.7. The van der Waals surface area contributed by atoms with Crippen LogP contribution in [0.2, 0.25) is 0 Å². The van der Waals surface area contributed by atoms with E-state index in [0.717, 1.165) is 28.3 Å². The van der Waals surface area contributed by atoms with Gasteiger partial charge in [-0.2, -0.15) is 0 Å². The number of carbonyl (C=O) groups excluding carboxylic acids is 1. The van der Waals surface area contributed by atoms with Gasteiger partial charge in [0.05, 0.1) is 15.5 Å². The van der Waals surface area contributed by atoms with Gasteiger partial charge in [0.25, 0.3) is 0 Å². The normalized spacial score (nSPS) is 14.8. The van der Waals surface area contributed by atoms with E-state index >= 15 is 0 Å². The number of thiazole rings is 1. The van der Waals surface area contributed by atoms with Crippen molar-refractivity contribution in [3.8, 4) is 0 Å². The van der Waals surface area contributed by atoms with Crippen LogP contribution in [0.25, 0.3) is 10.2 Å². The zero-order valence-corrected chi connectivity index (χ0v) is 14.5. The number of hydrogen-bond donors (Lipinski definition) is 0. The molecule has 1 aliphatic rings. The van der Waals surface area contributed by atoms with Crippen LogP contribution in [-0.2, 0) is 12.8 Å². The summed E-state index contributed by atoms with van der Waals surface area (Å²) in [6.45, 7) is 1.98. The molecule has 1 aromatic heterocycles. The van der Waals surface area contributed by atoms with Crippen LogP contribution >= 0.6 is 23.1 Å². The number of nitrogens with zero attached hydrogens (tertiary/aromatic N) is 1. The molecule has 116 valence electrons. The van der Waals surface area contributed by atoms with E-state index in [9.17, 15) is 4.79 Å². The molecule has 1 atom stereocenters. The van der Waals surface area contributed by atoms with Crippen LogP contribution in [0.4, 0.5) is 0 Å². The van der Waals surface area contributed by atoms with E-state index in [2.05, 4.69) is 23.2 Å². The summed E-state index contributed by atoms with van der Waals surface area (Å²) in [5.74, 6) is 0.198. The van der Waals surface area contributed by atoms with E-state index < -0.39 is 0 Å². The predicted octanol–water partition coefficient (Wildman–Crippen LogP) is 5.15. The number of hydrogen-bond acceptors (Lipinski definition) is 4. The minimum atomic E-state index is -0.116. The lowest BCUT2D eigenvalue weighted by Gasteiger charge is -2.09. The number of aromatic nitrogens is 1. The summed E-state index contributed by atoms with van der Waals surface area (Å²) in [6, 6.07) is 14.3. The van der Waals surface area contributed by atoms with Gasteiger partial charge < -0.3 is 0 Å². The van der Waals surface area contributed by atoms with Crippen LogP contribution in [0.5, 0.6) is 0 Å². The summed E-state index contributed by atoms with van der Waals surface area (Å²) in [4.78, 5) is 17.3. The Labute approximate surface area is 143 Å². The van der Waals surface area contributed by atoms with Crippen LogP contribution in [0.1, 0.15) is 34.8 Å². The number of para-hydroxylation sites is 1. The fraction of sp³-hybridized carbons (Fsp3) is 0.263. The standard InChI is InChI=1S/C19H17NOS2/c1-12(22-19-20-16-7-2-3-8-17(16)23-19)18(21)15-10-9-13-5-4-6-14(13)11-15/h2-3,7-12H,4-6H2,1H3/t12-/m1/s1. The molecule has 4 rings (SSSR count). The monoisotopic (exact) mass is 339 g/mol. The Kier molecular flexibility index (Phi) is 3.95. The van der Waals surface area contributed by atoms with Gasteiger partial charge in [-0.05, 0) is 55.5 Å². The predicted molar refractivity (Wildman–Crippen MR) is 97.7 cm³/mol. The first-order valence-corrected chi connectivity index (χ1v) is 9.58. The van der Waals surface area contributed by atoms with Crippen LogP contribution < -0.4 is 0 Å². The van der Waals surface area contributed by atoms with Crippen LogP contribution in [0.3, 0.4) is 0 Å². The molecule has 1 heterocycles. The third-order valence-electron chi connectivity index (χ3n) is 4.30. The SMILES string of the molecule is C[C@@H](Sc1nc2ccccc2s1)C(=O)c1ccc2c(c1)CCC2. The molecule has 0 amide bonds. The van der Waals surface area contributed by atoms with Crippen LogP contribution in [0.15, 0.2) is 46.8 Å². The molecule has 0 unspecified atom stereocenters. The first-order valence-electron chi connectivity index (χ1n) is 7.89. The summed E-state index contributed by atoms with van der Waals surface area (Å²) in [5, 5.41) is -0.116. The van der Waals surface area contributed by atoms with E-state index in [0.29, 0.717) is 0 Å². The molecule has 0 bridgehead atoms. The average molecular weight is 339 g/mol. The molecule has 0 saturated heterocycles. The molecule has 2 aromatic carbocycles. The molecular weight excluding hydrogens is 322 g/mol. The molecule has 0 aliphatic heterocycles. The Morgan fingerprint density at radius 1 is 1.17 bits per heavy atom. The summed E-state index contributed by atoms with van der Waals surface area (Å²) in [6.07, 6.45) is 3.47. The van der Waals surface area contributed by atoms with E-state index in [1.807, 2.05) is 31.2 Å². The van der Waals surface area contributed by atoms with Crippen molar-refractivity contribution in [2.45, 2.75) is 35.8 Å². The largest absolute Gasteiger partial charge is 0.293 e. The summed E-state index contributed by atoms with van der Waals surface area (Å²) in [5.41, 5.74) is 4.62. The number of ketones is 1. The second kappa shape index (κ2) is 6.10. The lowest BCUT2D eigenvalue weighted by molar-refractivity contribution is 0.0994. The first kappa shape index (κ1) is 14.9. The van der Waals surface area contributed by atoms with Crippen LogP contribution in [0, 0.1) is 0 Å². The fourth-order valence-electron chi connectivity index (χ4n) is 3.07. The smallest absolute Gasteiger partial charge is 0.175 e. The zero-order chi connectivity index (χ0) is 15.8. The second-order valence-electron chi connectivity index (χ2n) is 5.91. The minimum Gasteiger partial charge on any atom is -0.293 e. The number of aryl methyl sites for hydroxylation is 2. The maximum Gasteiger partial charge on any atom is 0.175 e. The lowest BCUT2D eigenvalue weighted by atomic mass is 10.0. The van der Waals surface area contributed by atoms with Crippen molar-refractivity contribution in [2.75, 3.05) is 0 Å². The van der Waals surface area contributed by atoms with Crippen molar-refractivity contribution in [2.24, 2.45) is 0 Å². The van der Waals surface area contributed by atoms with Crippen molar-refractivity contribution in [1.82, 2.24) is 4.98 Å². The van der Waals surface area contributed by atoms with Gasteiger partial charge in [0, 0.05) is 5.56 Å². The van der Waals surface area contributed by atoms with Gasteiger partial charge in [0.15, 0.2) is 10.1 Å². The molecule has 0 spiro atoms. The molecule has 0 fully saturated rings. The molecule has 23 heavy (non-hydrogen) atoms. The Balaban J connectivity index is 1.54. The minimum absolute atomic E-state index is 0.116. The summed E-state index contributed by atoms with van der Waals surface area (Å²) >= 11 is 3.22. The number of benzene rings is 2. The van der Waals surface area contributed by atoms with E-state index in [1.165, 1.54) is 22.2 Å². The molecule has 4 heteroatoms. The fourth-order valence-corrected chi connectivity index (χ4v) is 5.35. The maximum absolute atomic E-state index is 12.7. The molecule has 1 aliphatic carbocycles. The Morgan fingerprint density at radius 2 is 2.00 bits per heavy atom. The molecule has 0 N–H and O–H groups in total. The van der Waals surface area contributed by atoms with Gasteiger partial charge in [-0.3, -0.25) is 4.79 Å². The molecule has 2 nitrogen and oxygen atoms in total. The topological polar surface area (TPSA) is 30.0 Å². The van der Waals surface area contributed by atoms with Crippen molar-refractivity contribution in [3.05, 3.63) is 59.2 Å². The highest BCUT2D eigenvalue weighted by Crippen LogP contribution is 2.33. The molecule has 0 saturated carbocycles. The van der Waals surface area contributed by atoms with Gasteiger partial charge in [-0.1, -0.05) is 36.0 Å². The Bertz CT molecular complexity index is 851. The summed E-state index contributed by atoms with van der Waals surface area (Å²) < 4.78 is 2.14. The van der Waals surface area contributed by atoms with Gasteiger partial charge in [0.1, 0.15) is 0 Å². The van der Waals surface area contributed by atoms with Crippen molar-refractivity contribution >= 4 is 39.1 Å². The van der Waals surface area contributed by atoms with E-state index in [1.54, 1.807) is 23.1 Å². The Hall–Kier alpha value is -1.65. The lowest BCUT2D eigenvalue weighted by Crippen LogP contribution is -2.13. The van der Waals surface area contributed by atoms with E-state index in [4.69, 9.17) is 0 Å². The number of rotatable bonds is 4. The van der Waals surface area contributed by atoms with Gasteiger partial charge in [-0.15, -0.1) is 11.3 Å². The zero-order valence-electron chi connectivity index (χ0n) is 12.9. The first-order chi connectivity index (χ1) is 11.2. The van der Waals surface area contributed by atoms with Crippen LogP contribution in [-0.4, -0.2) is 16.0 Å². The highest BCUT2D eigenvalue weighted by Gasteiger charge is 2.20. The molecular formula is C19H17NOS2. The molecule has 3 aromatic rings. The number of carbonyl (C=O) groups is 1. The highest BCUT2D eigenvalue weighted by molar-refractivity contribution is 8.02. The van der Waals surface area contributed by atoms with E-state index in [-0.39, 0.29) is 11.0 Å². The summed E-state index contributed by atoms with van der Waals surface area (Å²) in [7, 11) is 0. The molecule has 0 radical (unpaired) electrons.